The maximum Gasteiger partial charge on any atom is 0.158 e. The van der Waals surface area contributed by atoms with Crippen LogP contribution in [0.1, 0.15) is 5.69 Å². The van der Waals surface area contributed by atoms with Gasteiger partial charge in [-0.05, 0) is 19.2 Å². The van der Waals surface area contributed by atoms with E-state index in [0.29, 0.717) is 30.5 Å². The summed E-state index contributed by atoms with van der Waals surface area (Å²) in [4.78, 5) is 14.4. The second kappa shape index (κ2) is 8.34. The van der Waals surface area contributed by atoms with Gasteiger partial charge in [-0.1, -0.05) is 0 Å². The summed E-state index contributed by atoms with van der Waals surface area (Å²) in [5.41, 5.74) is 1.95. The Labute approximate surface area is 173 Å². The molecular weight excluding hydrogens is 387 g/mol. The first kappa shape index (κ1) is 19.6. The lowest BCUT2D eigenvalue weighted by Crippen LogP contribution is -2.34. The minimum atomic E-state index is -0.909. The highest BCUT2D eigenvalue weighted by atomic mass is 19.1. The summed E-state index contributed by atoms with van der Waals surface area (Å²) in [6, 6.07) is 7.51. The molecule has 10 heteroatoms. The average molecular weight is 408 g/mol. The Morgan fingerprint density at radius 1 is 1.20 bits per heavy atom. The van der Waals surface area contributed by atoms with Gasteiger partial charge in [0.25, 0.3) is 0 Å². The Morgan fingerprint density at radius 2 is 2.07 bits per heavy atom. The first-order chi connectivity index (χ1) is 14.6. The molecule has 1 saturated heterocycles. The van der Waals surface area contributed by atoms with Gasteiger partial charge in [0.1, 0.15) is 36.0 Å². The third-order valence-electron chi connectivity index (χ3n) is 5.03. The Morgan fingerprint density at radius 3 is 2.73 bits per heavy atom. The summed E-state index contributed by atoms with van der Waals surface area (Å²) in [6.45, 7) is 0.948. The molecular formula is C20H21FN8O. The Hall–Kier alpha value is -3.71. The summed E-state index contributed by atoms with van der Waals surface area (Å²) in [5.74, 6) is 1.70. The van der Waals surface area contributed by atoms with E-state index in [1.807, 2.05) is 33.7 Å². The maximum absolute atomic E-state index is 14.1. The minimum absolute atomic E-state index is 0.178. The molecule has 154 valence electrons. The summed E-state index contributed by atoms with van der Waals surface area (Å²) in [7, 11) is 3.38. The van der Waals surface area contributed by atoms with Gasteiger partial charge in [0.05, 0.1) is 44.0 Å². The van der Waals surface area contributed by atoms with E-state index in [1.54, 1.807) is 26.7 Å². The van der Waals surface area contributed by atoms with Crippen molar-refractivity contribution in [2.24, 2.45) is 0 Å². The Bertz CT molecular complexity index is 1060. The quantitative estimate of drug-likeness (QED) is 0.639. The van der Waals surface area contributed by atoms with Crippen LogP contribution in [0.25, 0.3) is 5.69 Å². The van der Waals surface area contributed by atoms with Crippen LogP contribution in [-0.2, 0) is 0 Å². The van der Waals surface area contributed by atoms with E-state index >= 15 is 0 Å². The van der Waals surface area contributed by atoms with Gasteiger partial charge in [0.15, 0.2) is 5.69 Å². The molecule has 0 radical (unpaired) electrons. The van der Waals surface area contributed by atoms with Crippen molar-refractivity contribution in [1.29, 1.82) is 5.26 Å². The zero-order valence-electron chi connectivity index (χ0n) is 16.6. The number of aromatic nitrogens is 4. The van der Waals surface area contributed by atoms with E-state index in [2.05, 4.69) is 25.6 Å². The van der Waals surface area contributed by atoms with Crippen molar-refractivity contribution in [2.45, 2.75) is 12.2 Å². The lowest BCUT2D eigenvalue weighted by Gasteiger charge is -2.20. The molecule has 30 heavy (non-hydrogen) atoms. The number of nitrogens with one attached hydrogen (secondary N) is 2. The highest BCUT2D eigenvalue weighted by molar-refractivity contribution is 5.61. The van der Waals surface area contributed by atoms with E-state index in [4.69, 9.17) is 10.00 Å². The van der Waals surface area contributed by atoms with E-state index in [0.717, 1.165) is 11.4 Å². The molecule has 0 aliphatic carbocycles. The van der Waals surface area contributed by atoms with Crippen molar-refractivity contribution in [2.75, 3.05) is 37.5 Å². The number of alkyl halides is 1. The normalized spacial score (nSPS) is 18.3. The molecule has 9 nitrogen and oxygen atoms in total. The second-order valence-corrected chi connectivity index (χ2v) is 6.86. The fraction of sp³-hybridized carbons (Fsp3) is 0.300. The van der Waals surface area contributed by atoms with E-state index in [1.165, 1.54) is 12.4 Å². The second-order valence-electron chi connectivity index (χ2n) is 6.86. The highest BCUT2D eigenvalue weighted by Crippen LogP contribution is 2.31. The minimum Gasteiger partial charge on any atom is -0.494 e. The lowest BCUT2D eigenvalue weighted by atomic mass is 10.2. The molecule has 3 aromatic rings. The fourth-order valence-corrected chi connectivity index (χ4v) is 3.42. The van der Waals surface area contributed by atoms with Crippen molar-refractivity contribution >= 4 is 17.3 Å². The van der Waals surface area contributed by atoms with Crippen LogP contribution in [0, 0.1) is 11.3 Å². The molecule has 0 spiro atoms. The zero-order chi connectivity index (χ0) is 21.1. The lowest BCUT2D eigenvalue weighted by molar-refractivity contribution is 0.310. The average Bonchev–Trinajstić information content (AvgIpc) is 3.40. The molecule has 0 saturated carbocycles. The van der Waals surface area contributed by atoms with Gasteiger partial charge < -0.3 is 24.8 Å². The standard InChI is InChI=1S/C20H21FN8O/c1-23-16-10-28(9-15(16)21)14-3-4-17(18(5-14)30-2)29-11-20(26-12-29)27-19-8-24-13(6-22)7-25-19/h3-5,7-8,11-12,15-16,23H,9-10H2,1-2H3,(H,25,27). The number of nitrogens with zero attached hydrogens (tertiary/aromatic N) is 6. The van der Waals surface area contributed by atoms with Crippen LogP contribution in [-0.4, -0.2) is 59.0 Å². The van der Waals surface area contributed by atoms with Crippen LogP contribution in [0.5, 0.6) is 5.75 Å². The topological polar surface area (TPSA) is 104 Å². The molecule has 1 aliphatic rings. The number of nitriles is 1. The number of anilines is 3. The van der Waals surface area contributed by atoms with Crippen molar-refractivity contribution in [1.82, 2.24) is 24.8 Å². The van der Waals surface area contributed by atoms with Crippen molar-refractivity contribution in [3.05, 3.63) is 48.8 Å². The zero-order valence-corrected chi connectivity index (χ0v) is 16.6. The van der Waals surface area contributed by atoms with Crippen LogP contribution < -0.4 is 20.3 Å². The molecule has 1 aliphatic heterocycles. The van der Waals surface area contributed by atoms with E-state index in [9.17, 15) is 4.39 Å². The number of methoxy groups -OCH3 is 1. The van der Waals surface area contributed by atoms with E-state index in [-0.39, 0.29) is 11.7 Å². The number of likely N-dealkylation sites (N-methyl/N-ethyl adjacent to an activating group) is 1. The number of halogens is 1. The van der Waals surface area contributed by atoms with Crippen LogP contribution in [0.4, 0.5) is 21.7 Å². The third-order valence-corrected chi connectivity index (χ3v) is 5.03. The summed E-state index contributed by atoms with van der Waals surface area (Å²) < 4.78 is 21.5. The molecule has 3 heterocycles. The Kier molecular flexibility index (Phi) is 5.45. The van der Waals surface area contributed by atoms with Crippen molar-refractivity contribution in [3.63, 3.8) is 0 Å². The summed E-state index contributed by atoms with van der Waals surface area (Å²) in [6.07, 6.45) is 5.40. The van der Waals surface area contributed by atoms with Gasteiger partial charge in [-0.15, -0.1) is 0 Å². The van der Waals surface area contributed by atoms with E-state index < -0.39 is 6.17 Å². The smallest absolute Gasteiger partial charge is 0.158 e. The molecule has 0 bridgehead atoms. The number of hydrogen-bond donors (Lipinski definition) is 2. The molecule has 1 fully saturated rings. The first-order valence-electron chi connectivity index (χ1n) is 9.39. The summed E-state index contributed by atoms with van der Waals surface area (Å²) >= 11 is 0. The number of hydrogen-bond acceptors (Lipinski definition) is 8. The molecule has 1 aromatic carbocycles. The van der Waals surface area contributed by atoms with Gasteiger partial charge in [0.2, 0.25) is 0 Å². The monoisotopic (exact) mass is 408 g/mol. The van der Waals surface area contributed by atoms with Gasteiger partial charge >= 0.3 is 0 Å². The van der Waals surface area contributed by atoms with Crippen LogP contribution >= 0.6 is 0 Å². The predicted molar refractivity (Wildman–Crippen MR) is 110 cm³/mol. The van der Waals surface area contributed by atoms with Crippen LogP contribution in [0.15, 0.2) is 43.1 Å². The van der Waals surface area contributed by atoms with Crippen molar-refractivity contribution < 1.29 is 9.13 Å². The summed E-state index contributed by atoms with van der Waals surface area (Å²) in [5, 5.41) is 14.9. The number of imidazole rings is 1. The predicted octanol–water partition coefficient (Wildman–Crippen LogP) is 2.03. The SMILES string of the molecule is CNC1CN(c2ccc(-n3cnc(Nc4cnc(C#N)cn4)c3)c(OC)c2)CC1F. The molecule has 2 N–H and O–H groups in total. The van der Waals surface area contributed by atoms with Gasteiger partial charge in [-0.25, -0.2) is 19.3 Å². The molecule has 2 atom stereocenters. The van der Waals surface area contributed by atoms with Crippen molar-refractivity contribution in [3.8, 4) is 17.5 Å². The van der Waals surface area contributed by atoms with Gasteiger partial charge in [-0.3, -0.25) is 0 Å². The number of benzene rings is 1. The van der Waals surface area contributed by atoms with Crippen LogP contribution in [0.2, 0.25) is 0 Å². The van der Waals surface area contributed by atoms with Gasteiger partial charge in [0, 0.05) is 18.3 Å². The molecule has 2 aromatic heterocycles. The molecule has 4 rings (SSSR count). The molecule has 2 unspecified atom stereocenters. The highest BCUT2D eigenvalue weighted by Gasteiger charge is 2.32. The number of rotatable bonds is 6. The maximum atomic E-state index is 14.1. The van der Waals surface area contributed by atoms with Crippen LogP contribution in [0.3, 0.4) is 0 Å². The largest absolute Gasteiger partial charge is 0.494 e. The third kappa shape index (κ3) is 3.88. The van der Waals surface area contributed by atoms with Gasteiger partial charge in [-0.2, -0.15) is 5.26 Å². The first-order valence-corrected chi connectivity index (χ1v) is 9.39. The molecule has 0 amide bonds. The number of ether oxygens (including phenoxy) is 1. The Balaban J connectivity index is 1.53. The fourth-order valence-electron chi connectivity index (χ4n) is 3.42.